The summed E-state index contributed by atoms with van der Waals surface area (Å²) in [4.78, 5) is 14.4. The zero-order valence-electron chi connectivity index (χ0n) is 11.8. The van der Waals surface area contributed by atoms with Crippen molar-refractivity contribution in [2.24, 2.45) is 0 Å². The highest BCUT2D eigenvalue weighted by molar-refractivity contribution is 5.79. The van der Waals surface area contributed by atoms with E-state index in [0.29, 0.717) is 12.1 Å². The second kappa shape index (κ2) is 6.10. The van der Waals surface area contributed by atoms with Crippen molar-refractivity contribution in [3.8, 4) is 0 Å². The summed E-state index contributed by atoms with van der Waals surface area (Å²) in [7, 11) is 0. The average molecular weight is 285 g/mol. The monoisotopic (exact) mass is 285 g/mol. The van der Waals surface area contributed by atoms with E-state index in [9.17, 15) is 4.79 Å². The van der Waals surface area contributed by atoms with Gasteiger partial charge in [0.25, 0.3) is 0 Å². The quantitative estimate of drug-likeness (QED) is 0.900. The molecule has 1 fully saturated rings. The molecule has 0 aliphatic carbocycles. The predicted molar refractivity (Wildman–Crippen MR) is 78.3 cm³/mol. The number of amides is 1. The van der Waals surface area contributed by atoms with E-state index >= 15 is 0 Å². The number of H-pyrrole nitrogens is 1. The lowest BCUT2D eigenvalue weighted by Crippen LogP contribution is -2.32. The first kappa shape index (κ1) is 13.8. The van der Waals surface area contributed by atoms with E-state index in [1.54, 1.807) is 0 Å². The van der Waals surface area contributed by atoms with Crippen LogP contribution in [0.2, 0.25) is 0 Å². The van der Waals surface area contributed by atoms with E-state index in [0.717, 1.165) is 30.6 Å². The van der Waals surface area contributed by atoms with Crippen LogP contribution in [0.15, 0.2) is 36.4 Å². The number of hydrogen-bond donors (Lipinski definition) is 2. The lowest BCUT2D eigenvalue weighted by Gasteiger charge is -2.23. The number of nitrogens with one attached hydrogen (secondary N) is 1. The summed E-state index contributed by atoms with van der Waals surface area (Å²) in [5.74, 6) is 0.136. The summed E-state index contributed by atoms with van der Waals surface area (Å²) in [5.41, 5.74) is 2.57. The molecule has 5 heteroatoms. The lowest BCUT2D eigenvalue weighted by atomic mass is 10.1. The minimum absolute atomic E-state index is 0.0257. The number of benzene rings is 1. The highest BCUT2D eigenvalue weighted by atomic mass is 16.3. The zero-order valence-corrected chi connectivity index (χ0v) is 11.8. The number of aromatic amines is 1. The van der Waals surface area contributed by atoms with Gasteiger partial charge in [0.05, 0.1) is 30.5 Å². The van der Waals surface area contributed by atoms with Crippen molar-refractivity contribution in [1.82, 2.24) is 15.1 Å². The third kappa shape index (κ3) is 2.97. The fourth-order valence-corrected chi connectivity index (χ4v) is 2.88. The van der Waals surface area contributed by atoms with Crippen LogP contribution >= 0.6 is 0 Å². The van der Waals surface area contributed by atoms with Crippen LogP contribution in [0.5, 0.6) is 0 Å². The van der Waals surface area contributed by atoms with Gasteiger partial charge in [0.1, 0.15) is 0 Å². The summed E-state index contributed by atoms with van der Waals surface area (Å²) >= 11 is 0. The fourth-order valence-electron chi connectivity index (χ4n) is 2.88. The molecule has 1 aliphatic rings. The largest absolute Gasteiger partial charge is 0.390 e. The fraction of sp³-hybridized carbons (Fsp3) is 0.375. The Morgan fingerprint density at radius 3 is 2.90 bits per heavy atom. The van der Waals surface area contributed by atoms with Gasteiger partial charge in [-0.1, -0.05) is 30.3 Å². The number of hydrogen-bond acceptors (Lipinski definition) is 3. The van der Waals surface area contributed by atoms with Gasteiger partial charge in [0, 0.05) is 6.54 Å². The third-order valence-corrected chi connectivity index (χ3v) is 3.93. The van der Waals surface area contributed by atoms with Crippen molar-refractivity contribution >= 4 is 5.91 Å². The van der Waals surface area contributed by atoms with E-state index in [4.69, 9.17) is 5.11 Å². The molecule has 1 saturated heterocycles. The van der Waals surface area contributed by atoms with E-state index in [-0.39, 0.29) is 18.6 Å². The van der Waals surface area contributed by atoms with Crippen LogP contribution in [-0.4, -0.2) is 32.7 Å². The van der Waals surface area contributed by atoms with Gasteiger partial charge in [-0.15, -0.1) is 0 Å². The second-order valence-electron chi connectivity index (χ2n) is 5.38. The zero-order chi connectivity index (χ0) is 14.7. The van der Waals surface area contributed by atoms with Crippen LogP contribution < -0.4 is 0 Å². The maximum absolute atomic E-state index is 12.5. The molecule has 1 unspecified atom stereocenters. The topological polar surface area (TPSA) is 69.2 Å². The summed E-state index contributed by atoms with van der Waals surface area (Å²) in [6.45, 7) is 0.718. The third-order valence-electron chi connectivity index (χ3n) is 3.93. The van der Waals surface area contributed by atoms with Crippen molar-refractivity contribution in [3.63, 3.8) is 0 Å². The summed E-state index contributed by atoms with van der Waals surface area (Å²) in [6, 6.07) is 11.7. The van der Waals surface area contributed by atoms with Gasteiger partial charge in [0.2, 0.25) is 5.91 Å². The van der Waals surface area contributed by atoms with Gasteiger partial charge < -0.3 is 10.0 Å². The maximum Gasteiger partial charge on any atom is 0.227 e. The number of rotatable bonds is 4. The van der Waals surface area contributed by atoms with Crippen molar-refractivity contribution in [3.05, 3.63) is 53.3 Å². The van der Waals surface area contributed by atoms with Crippen LogP contribution in [0, 0.1) is 0 Å². The van der Waals surface area contributed by atoms with Crippen molar-refractivity contribution in [2.45, 2.75) is 31.9 Å². The second-order valence-corrected chi connectivity index (χ2v) is 5.38. The molecular weight excluding hydrogens is 266 g/mol. The smallest absolute Gasteiger partial charge is 0.227 e. The van der Waals surface area contributed by atoms with Gasteiger partial charge in [-0.05, 0) is 24.5 Å². The Morgan fingerprint density at radius 1 is 1.38 bits per heavy atom. The molecule has 3 rings (SSSR count). The van der Waals surface area contributed by atoms with Gasteiger partial charge in [-0.25, -0.2) is 0 Å². The normalized spacial score (nSPS) is 18.1. The van der Waals surface area contributed by atoms with Crippen LogP contribution in [0.4, 0.5) is 0 Å². The van der Waals surface area contributed by atoms with Gasteiger partial charge >= 0.3 is 0 Å². The predicted octanol–water partition coefficient (Wildman–Crippen LogP) is 1.81. The number of likely N-dealkylation sites (tertiary alicyclic amines) is 1. The van der Waals surface area contributed by atoms with Crippen molar-refractivity contribution in [1.29, 1.82) is 0 Å². The molecule has 0 saturated carbocycles. The molecule has 1 amide bonds. The summed E-state index contributed by atoms with van der Waals surface area (Å²) in [6.07, 6.45) is 2.34. The average Bonchev–Trinajstić information content (AvgIpc) is 3.16. The number of carbonyl (C=O) groups is 1. The Bertz CT molecular complexity index is 609. The Balaban J connectivity index is 1.73. The SMILES string of the molecule is O=C(Cc1ccccc1)N1CCCC1c1cc(CO)[nH]n1. The van der Waals surface area contributed by atoms with Crippen LogP contribution in [0.3, 0.4) is 0 Å². The maximum atomic E-state index is 12.5. The number of carbonyl (C=O) groups excluding carboxylic acids is 1. The first-order valence-corrected chi connectivity index (χ1v) is 7.26. The molecule has 110 valence electrons. The Kier molecular flexibility index (Phi) is 4.01. The minimum atomic E-state index is -0.0579. The summed E-state index contributed by atoms with van der Waals surface area (Å²) < 4.78 is 0. The number of aliphatic hydroxyl groups is 1. The molecule has 0 radical (unpaired) electrons. The Hall–Kier alpha value is -2.14. The van der Waals surface area contributed by atoms with E-state index in [2.05, 4.69) is 10.2 Å². The van der Waals surface area contributed by atoms with Crippen LogP contribution in [0.25, 0.3) is 0 Å². The van der Waals surface area contributed by atoms with Crippen molar-refractivity contribution < 1.29 is 9.90 Å². The molecule has 0 bridgehead atoms. The first-order valence-electron chi connectivity index (χ1n) is 7.26. The van der Waals surface area contributed by atoms with Gasteiger partial charge in [0.15, 0.2) is 0 Å². The molecule has 1 aliphatic heterocycles. The highest BCUT2D eigenvalue weighted by Crippen LogP contribution is 2.31. The molecule has 1 atom stereocenters. The molecule has 5 nitrogen and oxygen atoms in total. The molecule has 1 aromatic carbocycles. The number of aliphatic hydroxyl groups excluding tert-OH is 1. The number of nitrogens with zero attached hydrogens (tertiary/aromatic N) is 2. The molecule has 1 aromatic heterocycles. The van der Waals surface area contributed by atoms with Crippen LogP contribution in [-0.2, 0) is 17.8 Å². The molecule has 2 heterocycles. The molecule has 0 spiro atoms. The standard InChI is InChI=1S/C16H19N3O2/c20-11-13-10-14(18-17-13)15-7-4-8-19(15)16(21)9-12-5-2-1-3-6-12/h1-3,5-6,10,15,20H,4,7-9,11H2,(H,17,18). The van der Waals surface area contributed by atoms with Gasteiger partial charge in [-0.3, -0.25) is 9.89 Å². The van der Waals surface area contributed by atoms with Crippen molar-refractivity contribution in [2.75, 3.05) is 6.54 Å². The van der Waals surface area contributed by atoms with E-state index in [1.807, 2.05) is 41.3 Å². The summed E-state index contributed by atoms with van der Waals surface area (Å²) in [5, 5.41) is 16.1. The van der Waals surface area contributed by atoms with Crippen LogP contribution in [0.1, 0.15) is 35.8 Å². The molecule has 2 N–H and O–H groups in total. The highest BCUT2D eigenvalue weighted by Gasteiger charge is 2.31. The molecule has 2 aromatic rings. The van der Waals surface area contributed by atoms with E-state index in [1.165, 1.54) is 0 Å². The molecule has 21 heavy (non-hydrogen) atoms. The Morgan fingerprint density at radius 2 is 2.19 bits per heavy atom. The molecular formula is C16H19N3O2. The number of aromatic nitrogens is 2. The minimum Gasteiger partial charge on any atom is -0.390 e. The van der Waals surface area contributed by atoms with Gasteiger partial charge in [-0.2, -0.15) is 5.10 Å². The Labute approximate surface area is 123 Å². The lowest BCUT2D eigenvalue weighted by molar-refractivity contribution is -0.131. The van der Waals surface area contributed by atoms with E-state index < -0.39 is 0 Å². The first-order chi connectivity index (χ1) is 10.3.